The summed E-state index contributed by atoms with van der Waals surface area (Å²) < 4.78 is 0. The Balaban J connectivity index is 2.44. The van der Waals surface area contributed by atoms with E-state index in [-0.39, 0.29) is 11.8 Å². The minimum Gasteiger partial charge on any atom is -0.354 e. The highest BCUT2D eigenvalue weighted by molar-refractivity contribution is 6.35. The second-order valence-corrected chi connectivity index (χ2v) is 5.39. The highest BCUT2D eigenvalue weighted by Crippen LogP contribution is 2.21. The van der Waals surface area contributed by atoms with Gasteiger partial charge in [0.2, 0.25) is 5.91 Å². The van der Waals surface area contributed by atoms with Crippen LogP contribution >= 0.6 is 23.2 Å². The van der Waals surface area contributed by atoms with Gasteiger partial charge in [-0.15, -0.1) is 0 Å². The number of halogens is 2. The third-order valence-corrected chi connectivity index (χ3v) is 3.32. The van der Waals surface area contributed by atoms with E-state index in [1.807, 2.05) is 19.9 Å². The van der Waals surface area contributed by atoms with Crippen LogP contribution in [0.15, 0.2) is 18.2 Å². The first-order valence-electron chi connectivity index (χ1n) is 5.89. The van der Waals surface area contributed by atoms with Crippen molar-refractivity contribution in [2.45, 2.75) is 26.3 Å². The molecule has 3 N–H and O–H groups in total. The molecule has 0 aliphatic heterocycles. The van der Waals surface area contributed by atoms with Gasteiger partial charge in [-0.05, 0) is 30.0 Å². The molecule has 0 radical (unpaired) electrons. The number of carbonyl (C=O) groups is 1. The van der Waals surface area contributed by atoms with Gasteiger partial charge in [-0.25, -0.2) is 0 Å². The van der Waals surface area contributed by atoms with Crippen LogP contribution in [0.2, 0.25) is 10.0 Å². The zero-order chi connectivity index (χ0) is 13.7. The molecule has 0 aliphatic rings. The van der Waals surface area contributed by atoms with Crippen molar-refractivity contribution in [2.75, 3.05) is 6.54 Å². The van der Waals surface area contributed by atoms with Crippen molar-refractivity contribution in [1.29, 1.82) is 0 Å². The summed E-state index contributed by atoms with van der Waals surface area (Å²) in [5.74, 6) is -0.000735. The quantitative estimate of drug-likeness (QED) is 0.875. The number of amides is 1. The van der Waals surface area contributed by atoms with E-state index in [0.717, 1.165) is 5.56 Å². The lowest BCUT2D eigenvalue weighted by atomic mass is 10.0. The van der Waals surface area contributed by atoms with Crippen LogP contribution in [0.1, 0.15) is 19.4 Å². The first kappa shape index (κ1) is 15.3. The van der Waals surface area contributed by atoms with Gasteiger partial charge in [0.25, 0.3) is 0 Å². The molecule has 1 amide bonds. The average Bonchev–Trinajstić information content (AvgIpc) is 2.30. The molecule has 0 saturated carbocycles. The van der Waals surface area contributed by atoms with Gasteiger partial charge in [-0.1, -0.05) is 43.1 Å². The molecule has 1 aromatic carbocycles. The molecule has 0 bridgehead atoms. The molecular weight excluding hydrogens is 271 g/mol. The fourth-order valence-electron chi connectivity index (χ4n) is 1.47. The van der Waals surface area contributed by atoms with E-state index in [2.05, 4.69) is 5.32 Å². The Morgan fingerprint density at radius 1 is 1.39 bits per heavy atom. The third kappa shape index (κ3) is 4.48. The van der Waals surface area contributed by atoms with E-state index in [4.69, 9.17) is 28.9 Å². The molecule has 0 aromatic heterocycles. The Bertz CT molecular complexity index is 421. The Hall–Kier alpha value is -0.770. The maximum absolute atomic E-state index is 11.6. The Morgan fingerprint density at radius 3 is 2.61 bits per heavy atom. The lowest BCUT2D eigenvalue weighted by Gasteiger charge is -2.15. The Morgan fingerprint density at radius 2 is 2.06 bits per heavy atom. The van der Waals surface area contributed by atoms with E-state index in [9.17, 15) is 4.79 Å². The number of rotatable bonds is 5. The highest BCUT2D eigenvalue weighted by Gasteiger charge is 2.16. The van der Waals surface area contributed by atoms with Gasteiger partial charge in [0.1, 0.15) is 0 Å². The summed E-state index contributed by atoms with van der Waals surface area (Å²) in [6.07, 6.45) is 0.659. The lowest BCUT2D eigenvalue weighted by molar-refractivity contribution is -0.123. The molecule has 0 spiro atoms. The van der Waals surface area contributed by atoms with Crippen molar-refractivity contribution >= 4 is 29.1 Å². The maximum Gasteiger partial charge on any atom is 0.237 e. The first-order chi connectivity index (χ1) is 8.41. The predicted octanol–water partition coefficient (Wildman–Crippen LogP) is 2.64. The SMILES string of the molecule is CC(C)[C@H](N)C(=O)NCCc1ccc(Cl)cc1Cl. The van der Waals surface area contributed by atoms with E-state index < -0.39 is 6.04 Å². The summed E-state index contributed by atoms with van der Waals surface area (Å²) in [5, 5.41) is 4.02. The summed E-state index contributed by atoms with van der Waals surface area (Å²) in [4.78, 5) is 11.6. The van der Waals surface area contributed by atoms with Gasteiger partial charge in [0.05, 0.1) is 6.04 Å². The van der Waals surface area contributed by atoms with Crippen LogP contribution in [0, 0.1) is 5.92 Å². The van der Waals surface area contributed by atoms with E-state index in [1.165, 1.54) is 0 Å². The minimum atomic E-state index is -0.467. The fraction of sp³-hybridized carbons (Fsp3) is 0.462. The first-order valence-corrected chi connectivity index (χ1v) is 6.64. The lowest BCUT2D eigenvalue weighted by Crippen LogP contribution is -2.44. The van der Waals surface area contributed by atoms with Gasteiger partial charge in [-0.2, -0.15) is 0 Å². The molecule has 1 aromatic rings. The number of carbonyl (C=O) groups excluding carboxylic acids is 1. The second-order valence-electron chi connectivity index (χ2n) is 4.55. The molecule has 18 heavy (non-hydrogen) atoms. The predicted molar refractivity (Wildman–Crippen MR) is 76.0 cm³/mol. The van der Waals surface area contributed by atoms with Crippen molar-refractivity contribution in [1.82, 2.24) is 5.32 Å². The smallest absolute Gasteiger partial charge is 0.237 e. The zero-order valence-corrected chi connectivity index (χ0v) is 12.1. The molecule has 3 nitrogen and oxygen atoms in total. The molecule has 1 rings (SSSR count). The summed E-state index contributed by atoms with van der Waals surface area (Å²) in [5.41, 5.74) is 6.69. The van der Waals surface area contributed by atoms with Crippen LogP contribution in [0.5, 0.6) is 0 Å². The van der Waals surface area contributed by atoms with Crippen molar-refractivity contribution in [3.63, 3.8) is 0 Å². The van der Waals surface area contributed by atoms with E-state index in [1.54, 1.807) is 12.1 Å². The molecular formula is C13H18Cl2N2O. The largest absolute Gasteiger partial charge is 0.354 e. The number of hydrogen-bond donors (Lipinski definition) is 2. The monoisotopic (exact) mass is 288 g/mol. The van der Waals surface area contributed by atoms with Gasteiger partial charge >= 0.3 is 0 Å². The molecule has 0 fully saturated rings. The molecule has 1 atom stereocenters. The van der Waals surface area contributed by atoms with Crippen LogP contribution in [0.25, 0.3) is 0 Å². The van der Waals surface area contributed by atoms with Crippen molar-refractivity contribution in [3.8, 4) is 0 Å². The topological polar surface area (TPSA) is 55.1 Å². The average molecular weight is 289 g/mol. The van der Waals surface area contributed by atoms with Crippen molar-refractivity contribution in [2.24, 2.45) is 11.7 Å². The van der Waals surface area contributed by atoms with Crippen molar-refractivity contribution in [3.05, 3.63) is 33.8 Å². The fourth-order valence-corrected chi connectivity index (χ4v) is 1.97. The summed E-state index contributed by atoms with van der Waals surface area (Å²) in [6, 6.07) is 4.87. The summed E-state index contributed by atoms with van der Waals surface area (Å²) in [6.45, 7) is 4.35. The van der Waals surface area contributed by atoms with Crippen LogP contribution in [-0.4, -0.2) is 18.5 Å². The highest BCUT2D eigenvalue weighted by atomic mass is 35.5. The second kappa shape index (κ2) is 6.98. The Labute approximate surface area is 118 Å². The van der Waals surface area contributed by atoms with Gasteiger partial charge in [-0.3, -0.25) is 4.79 Å². The zero-order valence-electron chi connectivity index (χ0n) is 10.5. The summed E-state index contributed by atoms with van der Waals surface area (Å²) >= 11 is 11.8. The molecule has 100 valence electrons. The minimum absolute atomic E-state index is 0.129. The molecule has 0 saturated heterocycles. The number of nitrogens with one attached hydrogen (secondary N) is 1. The molecule has 0 aliphatic carbocycles. The molecule has 0 unspecified atom stereocenters. The van der Waals surface area contributed by atoms with Crippen LogP contribution in [0.4, 0.5) is 0 Å². The van der Waals surface area contributed by atoms with Gasteiger partial charge in [0.15, 0.2) is 0 Å². The number of nitrogens with two attached hydrogens (primary N) is 1. The maximum atomic E-state index is 11.6. The third-order valence-electron chi connectivity index (χ3n) is 2.73. The normalized spacial score (nSPS) is 12.6. The number of benzene rings is 1. The van der Waals surface area contributed by atoms with Gasteiger partial charge < -0.3 is 11.1 Å². The van der Waals surface area contributed by atoms with Crippen LogP contribution in [0.3, 0.4) is 0 Å². The molecule has 0 heterocycles. The molecule has 5 heteroatoms. The van der Waals surface area contributed by atoms with Crippen molar-refractivity contribution < 1.29 is 4.79 Å². The van der Waals surface area contributed by atoms with E-state index in [0.29, 0.717) is 23.0 Å². The Kier molecular flexibility index (Phi) is 5.93. The van der Waals surface area contributed by atoms with E-state index >= 15 is 0 Å². The van der Waals surface area contributed by atoms with Crippen LogP contribution in [-0.2, 0) is 11.2 Å². The van der Waals surface area contributed by atoms with Gasteiger partial charge in [0, 0.05) is 16.6 Å². The summed E-state index contributed by atoms with van der Waals surface area (Å²) in [7, 11) is 0. The number of hydrogen-bond acceptors (Lipinski definition) is 2. The standard InChI is InChI=1S/C13H18Cl2N2O/c1-8(2)12(16)13(18)17-6-5-9-3-4-10(14)7-11(9)15/h3-4,7-8,12H,5-6,16H2,1-2H3,(H,17,18)/t12-/m0/s1. The van der Waals surface area contributed by atoms with Crippen LogP contribution < -0.4 is 11.1 Å².